The van der Waals surface area contributed by atoms with Gasteiger partial charge in [-0.1, -0.05) is 76.3 Å². The molecule has 3 aliphatic rings. The van der Waals surface area contributed by atoms with Gasteiger partial charge in [0.1, 0.15) is 6.04 Å². The van der Waals surface area contributed by atoms with E-state index in [1.807, 2.05) is 23.9 Å². The molecule has 3 amide bonds. The molecule has 1 unspecified atom stereocenters. The summed E-state index contributed by atoms with van der Waals surface area (Å²) in [6.45, 7) is 8.64. The van der Waals surface area contributed by atoms with Crippen LogP contribution in [0.15, 0.2) is 47.9 Å². The zero-order valence-electron chi connectivity index (χ0n) is 20.6. The first-order valence-electron chi connectivity index (χ1n) is 13.1. The summed E-state index contributed by atoms with van der Waals surface area (Å²) in [6.07, 6.45) is 23.7. The maximum Gasteiger partial charge on any atom is 0.322 e. The lowest BCUT2D eigenvalue weighted by molar-refractivity contribution is -0.121. The summed E-state index contributed by atoms with van der Waals surface area (Å²) >= 11 is 1.90. The van der Waals surface area contributed by atoms with Crippen LogP contribution in [-0.4, -0.2) is 35.9 Å². The molecule has 1 saturated heterocycles. The van der Waals surface area contributed by atoms with Gasteiger partial charge in [-0.25, -0.2) is 4.79 Å². The van der Waals surface area contributed by atoms with Crippen LogP contribution in [0.25, 0.3) is 0 Å². The molecular formula is C28H42N2O3S. The normalized spacial score (nSPS) is 28.2. The summed E-state index contributed by atoms with van der Waals surface area (Å²) in [4.78, 5) is 24.7. The van der Waals surface area contributed by atoms with E-state index in [1.54, 1.807) is 0 Å². The molecule has 0 aromatic carbocycles. The summed E-state index contributed by atoms with van der Waals surface area (Å²) in [5.74, 6) is 0.0736. The van der Waals surface area contributed by atoms with Crippen LogP contribution < -0.4 is 10.6 Å². The number of imide groups is 1. The Hall–Kier alpha value is -1.79. The van der Waals surface area contributed by atoms with Crippen molar-refractivity contribution in [2.24, 2.45) is 5.92 Å². The molecule has 0 spiro atoms. The zero-order valence-corrected chi connectivity index (χ0v) is 21.4. The Kier molecular flexibility index (Phi) is 11.5. The third-order valence-corrected chi connectivity index (χ3v) is 8.62. The first-order valence-corrected chi connectivity index (χ1v) is 14.0. The number of hydrogen-bond acceptors (Lipinski definition) is 4. The second-order valence-electron chi connectivity index (χ2n) is 9.80. The van der Waals surface area contributed by atoms with E-state index >= 15 is 0 Å². The van der Waals surface area contributed by atoms with Crippen LogP contribution in [0.2, 0.25) is 0 Å². The highest BCUT2D eigenvalue weighted by Gasteiger charge is 2.36. The van der Waals surface area contributed by atoms with Gasteiger partial charge in [-0.15, -0.1) is 11.8 Å². The number of nitrogens with one attached hydrogen (secondary N) is 2. The van der Waals surface area contributed by atoms with Crippen LogP contribution in [0.1, 0.15) is 83.5 Å². The van der Waals surface area contributed by atoms with E-state index in [0.29, 0.717) is 18.0 Å². The monoisotopic (exact) mass is 486 g/mol. The van der Waals surface area contributed by atoms with Gasteiger partial charge >= 0.3 is 6.03 Å². The molecule has 0 aromatic rings. The first-order chi connectivity index (χ1) is 16.6. The van der Waals surface area contributed by atoms with Gasteiger partial charge in [-0.05, 0) is 56.1 Å². The molecule has 0 aromatic heterocycles. The Balaban J connectivity index is 1.47. The van der Waals surface area contributed by atoms with Crippen LogP contribution in [0, 0.1) is 5.92 Å². The number of ether oxygens (including phenoxy) is 1. The molecule has 188 valence electrons. The molecule has 34 heavy (non-hydrogen) atoms. The standard InChI is InChI=1S/C28H42N2O3S/c1-3-21(20-33-23-14-8-6-5-7-9-15-23)18-19-24(4-2)34-25-16-10-12-22(13-11-17-25)26-27(31)30-28(32)29-26/h3-4,18-19,22-23,25-26H,1-2,5-17,20H2,(H2,29,30,31,32)/b21-18+,24-19+. The van der Waals surface area contributed by atoms with Crippen molar-refractivity contribution in [2.45, 2.75) is 101 Å². The minimum Gasteiger partial charge on any atom is -0.374 e. The fourth-order valence-corrected chi connectivity index (χ4v) is 6.43. The number of hydrogen-bond donors (Lipinski definition) is 2. The smallest absolute Gasteiger partial charge is 0.322 e. The lowest BCUT2D eigenvalue weighted by atomic mass is 9.86. The number of carbonyl (C=O) groups excluding carboxylic acids is 2. The number of allylic oxidation sites excluding steroid dienone is 3. The van der Waals surface area contributed by atoms with Crippen molar-refractivity contribution in [3.8, 4) is 0 Å². The second-order valence-corrected chi connectivity index (χ2v) is 11.2. The van der Waals surface area contributed by atoms with Gasteiger partial charge in [0.2, 0.25) is 0 Å². The predicted octanol–water partition coefficient (Wildman–Crippen LogP) is 6.58. The first kappa shape index (κ1) is 26.8. The molecule has 3 fully saturated rings. The molecule has 1 atom stereocenters. The number of thioether (sulfide) groups is 1. The van der Waals surface area contributed by atoms with Crippen molar-refractivity contribution in [1.29, 1.82) is 0 Å². The lowest BCUT2D eigenvalue weighted by Crippen LogP contribution is -2.37. The molecule has 6 heteroatoms. The number of urea groups is 1. The van der Waals surface area contributed by atoms with Gasteiger partial charge < -0.3 is 10.1 Å². The number of amides is 3. The van der Waals surface area contributed by atoms with Crippen molar-refractivity contribution >= 4 is 23.7 Å². The van der Waals surface area contributed by atoms with Crippen LogP contribution in [0.5, 0.6) is 0 Å². The molecular weight excluding hydrogens is 444 g/mol. The van der Waals surface area contributed by atoms with Crippen molar-refractivity contribution in [3.63, 3.8) is 0 Å². The van der Waals surface area contributed by atoms with Gasteiger partial charge in [-0.2, -0.15) is 0 Å². The van der Waals surface area contributed by atoms with Crippen molar-refractivity contribution < 1.29 is 14.3 Å². The number of carbonyl (C=O) groups is 2. The SMILES string of the molecule is C=C/C(=C\C=C(/C=C)SC1CCCC(C2NC(=O)NC2=O)CCC1)COC1CCCCCCC1. The van der Waals surface area contributed by atoms with Crippen LogP contribution >= 0.6 is 11.8 Å². The van der Waals surface area contributed by atoms with Gasteiger partial charge in [0.25, 0.3) is 5.91 Å². The molecule has 1 heterocycles. The Morgan fingerprint density at radius 1 is 0.882 bits per heavy atom. The van der Waals surface area contributed by atoms with E-state index < -0.39 is 0 Å². The zero-order chi connectivity index (χ0) is 24.2. The van der Waals surface area contributed by atoms with Gasteiger partial charge in [-0.3, -0.25) is 10.1 Å². The lowest BCUT2D eigenvalue weighted by Gasteiger charge is -2.27. The van der Waals surface area contributed by atoms with E-state index in [0.717, 1.165) is 44.1 Å². The maximum atomic E-state index is 12.0. The van der Waals surface area contributed by atoms with E-state index in [1.165, 1.54) is 49.9 Å². The molecule has 0 radical (unpaired) electrons. The summed E-state index contributed by atoms with van der Waals surface area (Å²) in [6, 6.07) is -0.708. The quantitative estimate of drug-likeness (QED) is 0.285. The summed E-state index contributed by atoms with van der Waals surface area (Å²) in [5.41, 5.74) is 1.11. The minimum atomic E-state index is -0.354. The van der Waals surface area contributed by atoms with Crippen LogP contribution in [0.4, 0.5) is 4.79 Å². The average molecular weight is 487 g/mol. The van der Waals surface area contributed by atoms with Crippen LogP contribution in [-0.2, 0) is 9.53 Å². The maximum absolute atomic E-state index is 12.0. The van der Waals surface area contributed by atoms with Crippen LogP contribution in [0.3, 0.4) is 0 Å². The van der Waals surface area contributed by atoms with Gasteiger partial charge in [0.15, 0.2) is 0 Å². The van der Waals surface area contributed by atoms with Gasteiger partial charge in [0.05, 0.1) is 12.7 Å². The van der Waals surface area contributed by atoms with E-state index in [-0.39, 0.29) is 23.9 Å². The minimum absolute atomic E-state index is 0.165. The predicted molar refractivity (Wildman–Crippen MR) is 142 cm³/mol. The third kappa shape index (κ3) is 8.77. The topological polar surface area (TPSA) is 67.4 Å². The Morgan fingerprint density at radius 3 is 2.15 bits per heavy atom. The Bertz CT molecular complexity index is 758. The molecule has 3 rings (SSSR count). The molecule has 0 bridgehead atoms. The molecule has 2 N–H and O–H groups in total. The van der Waals surface area contributed by atoms with E-state index in [9.17, 15) is 9.59 Å². The number of rotatable bonds is 9. The molecule has 1 aliphatic heterocycles. The molecule has 5 nitrogen and oxygen atoms in total. The average Bonchev–Trinajstić information content (AvgIpc) is 3.12. The second kappa shape index (κ2) is 14.6. The van der Waals surface area contributed by atoms with Crippen molar-refractivity contribution in [2.75, 3.05) is 6.61 Å². The fraction of sp³-hybridized carbons (Fsp3) is 0.643. The highest BCUT2D eigenvalue weighted by atomic mass is 32.2. The van der Waals surface area contributed by atoms with Crippen molar-refractivity contribution in [1.82, 2.24) is 10.6 Å². The summed E-state index contributed by atoms with van der Waals surface area (Å²) in [7, 11) is 0. The largest absolute Gasteiger partial charge is 0.374 e. The van der Waals surface area contributed by atoms with E-state index in [2.05, 4.69) is 35.9 Å². The van der Waals surface area contributed by atoms with Crippen molar-refractivity contribution in [3.05, 3.63) is 47.9 Å². The molecule has 2 aliphatic carbocycles. The molecule has 2 saturated carbocycles. The highest BCUT2D eigenvalue weighted by molar-refractivity contribution is 8.03. The summed E-state index contributed by atoms with van der Waals surface area (Å²) < 4.78 is 6.23. The summed E-state index contributed by atoms with van der Waals surface area (Å²) in [5, 5.41) is 5.71. The van der Waals surface area contributed by atoms with E-state index in [4.69, 9.17) is 4.74 Å². The van der Waals surface area contributed by atoms with Gasteiger partial charge in [0, 0.05) is 10.2 Å². The fourth-order valence-electron chi connectivity index (χ4n) is 5.23. The Labute approximate surface area is 209 Å². The highest BCUT2D eigenvalue weighted by Crippen LogP contribution is 2.35. The third-order valence-electron chi connectivity index (χ3n) is 7.24. The Morgan fingerprint density at radius 2 is 1.56 bits per heavy atom.